The summed E-state index contributed by atoms with van der Waals surface area (Å²) in [6.45, 7) is 1.84. The first-order chi connectivity index (χ1) is 8.34. The number of rotatable bonds is 2. The highest BCUT2D eigenvalue weighted by atomic mass is 15.5. The Morgan fingerprint density at radius 2 is 1.71 bits per heavy atom. The third kappa shape index (κ3) is 1.65. The first-order valence-electron chi connectivity index (χ1n) is 4.93. The topological polar surface area (TPSA) is 87.2 Å². The molecule has 0 bridgehead atoms. The lowest BCUT2D eigenvalue weighted by Gasteiger charge is -2.03. The first-order valence-corrected chi connectivity index (χ1v) is 4.93. The maximum absolute atomic E-state index is 3.89. The summed E-state index contributed by atoms with van der Waals surface area (Å²) in [5, 5.41) is 22.3. The molecule has 0 saturated carbocycles. The van der Waals surface area contributed by atoms with Gasteiger partial charge in [-0.05, 0) is 52.0 Å². The van der Waals surface area contributed by atoms with Gasteiger partial charge in [0.2, 0.25) is 0 Å². The standard InChI is InChI=1S/C9H8N8/c1-7-11-13-15-17(7)9-4-2-8(3-5-9)16-6-10-12-14-16/h2-6H,1H3. The molecule has 17 heavy (non-hydrogen) atoms. The molecule has 2 aromatic heterocycles. The van der Waals surface area contributed by atoms with E-state index in [4.69, 9.17) is 0 Å². The van der Waals surface area contributed by atoms with Crippen LogP contribution in [0.5, 0.6) is 0 Å². The number of aryl methyl sites for hydroxylation is 1. The minimum Gasteiger partial charge on any atom is -0.201 e. The fourth-order valence-corrected chi connectivity index (χ4v) is 1.50. The Bertz CT molecular complexity index is 609. The molecular weight excluding hydrogens is 220 g/mol. The fourth-order valence-electron chi connectivity index (χ4n) is 1.50. The molecule has 0 atom stereocenters. The van der Waals surface area contributed by atoms with Gasteiger partial charge in [0.1, 0.15) is 6.33 Å². The van der Waals surface area contributed by atoms with Crippen molar-refractivity contribution < 1.29 is 0 Å². The molecule has 0 radical (unpaired) electrons. The van der Waals surface area contributed by atoms with E-state index >= 15 is 0 Å². The van der Waals surface area contributed by atoms with Crippen molar-refractivity contribution in [3.05, 3.63) is 36.4 Å². The van der Waals surface area contributed by atoms with Crippen LogP contribution in [0.2, 0.25) is 0 Å². The summed E-state index contributed by atoms with van der Waals surface area (Å²) in [4.78, 5) is 0. The predicted molar refractivity (Wildman–Crippen MR) is 56.6 cm³/mol. The van der Waals surface area contributed by atoms with Crippen LogP contribution < -0.4 is 0 Å². The molecule has 0 spiro atoms. The largest absolute Gasteiger partial charge is 0.201 e. The van der Waals surface area contributed by atoms with Crippen molar-refractivity contribution in [3.8, 4) is 11.4 Å². The Morgan fingerprint density at radius 3 is 2.29 bits per heavy atom. The van der Waals surface area contributed by atoms with Gasteiger partial charge in [0.05, 0.1) is 11.4 Å². The Morgan fingerprint density at radius 1 is 0.941 bits per heavy atom. The van der Waals surface area contributed by atoms with Crippen LogP contribution in [0, 0.1) is 6.92 Å². The molecule has 2 heterocycles. The second-order valence-electron chi connectivity index (χ2n) is 3.41. The van der Waals surface area contributed by atoms with Crippen molar-refractivity contribution in [2.75, 3.05) is 0 Å². The third-order valence-corrected chi connectivity index (χ3v) is 2.33. The zero-order valence-electron chi connectivity index (χ0n) is 8.96. The van der Waals surface area contributed by atoms with Gasteiger partial charge >= 0.3 is 0 Å². The van der Waals surface area contributed by atoms with Crippen LogP contribution in [0.15, 0.2) is 30.6 Å². The average molecular weight is 228 g/mol. The summed E-state index contributed by atoms with van der Waals surface area (Å²) in [7, 11) is 0. The van der Waals surface area contributed by atoms with Crippen LogP contribution in [0.25, 0.3) is 11.4 Å². The van der Waals surface area contributed by atoms with Crippen molar-refractivity contribution in [3.63, 3.8) is 0 Å². The summed E-state index contributed by atoms with van der Waals surface area (Å²) in [6.07, 6.45) is 1.54. The van der Waals surface area contributed by atoms with Gasteiger partial charge in [0, 0.05) is 0 Å². The zero-order valence-corrected chi connectivity index (χ0v) is 8.96. The number of nitrogens with zero attached hydrogens (tertiary/aromatic N) is 8. The lowest BCUT2D eigenvalue weighted by Crippen LogP contribution is -2.00. The van der Waals surface area contributed by atoms with E-state index in [1.165, 1.54) is 6.33 Å². The lowest BCUT2D eigenvalue weighted by molar-refractivity contribution is 0.773. The smallest absolute Gasteiger partial charge is 0.153 e. The molecule has 0 saturated heterocycles. The SMILES string of the molecule is Cc1nnnn1-c1ccc(-n2cnnn2)cc1. The molecule has 8 nitrogen and oxygen atoms in total. The van der Waals surface area contributed by atoms with Crippen molar-refractivity contribution in [1.29, 1.82) is 0 Å². The van der Waals surface area contributed by atoms with Crippen molar-refractivity contribution >= 4 is 0 Å². The zero-order chi connectivity index (χ0) is 11.7. The summed E-state index contributed by atoms with van der Waals surface area (Å²) < 4.78 is 3.24. The van der Waals surface area contributed by atoms with E-state index in [9.17, 15) is 0 Å². The van der Waals surface area contributed by atoms with Gasteiger partial charge in [-0.15, -0.1) is 10.2 Å². The molecule has 84 valence electrons. The van der Waals surface area contributed by atoms with Crippen LogP contribution in [0.4, 0.5) is 0 Å². The van der Waals surface area contributed by atoms with Gasteiger partial charge in [-0.2, -0.15) is 4.68 Å². The Labute approximate surface area is 95.9 Å². The third-order valence-electron chi connectivity index (χ3n) is 2.33. The van der Waals surface area contributed by atoms with E-state index in [2.05, 4.69) is 31.1 Å². The second-order valence-corrected chi connectivity index (χ2v) is 3.41. The normalized spacial score (nSPS) is 10.6. The van der Waals surface area contributed by atoms with E-state index < -0.39 is 0 Å². The van der Waals surface area contributed by atoms with E-state index in [1.807, 2.05) is 31.2 Å². The maximum Gasteiger partial charge on any atom is 0.153 e. The molecule has 0 unspecified atom stereocenters. The number of tetrazole rings is 2. The van der Waals surface area contributed by atoms with Crippen LogP contribution >= 0.6 is 0 Å². The van der Waals surface area contributed by atoms with Gasteiger partial charge < -0.3 is 0 Å². The number of benzene rings is 1. The van der Waals surface area contributed by atoms with Gasteiger partial charge in [-0.25, -0.2) is 4.68 Å². The van der Waals surface area contributed by atoms with E-state index in [-0.39, 0.29) is 0 Å². The monoisotopic (exact) mass is 228 g/mol. The van der Waals surface area contributed by atoms with Gasteiger partial charge in [-0.3, -0.25) is 0 Å². The molecule has 0 amide bonds. The van der Waals surface area contributed by atoms with Crippen LogP contribution in [-0.2, 0) is 0 Å². The lowest BCUT2D eigenvalue weighted by atomic mass is 10.3. The predicted octanol–water partition coefficient (Wildman–Crippen LogP) is -0.0536. The molecule has 0 aliphatic heterocycles. The van der Waals surface area contributed by atoms with Crippen LogP contribution in [0.3, 0.4) is 0 Å². The van der Waals surface area contributed by atoms with Crippen molar-refractivity contribution in [1.82, 2.24) is 40.4 Å². The minimum atomic E-state index is 0.736. The highest BCUT2D eigenvalue weighted by Gasteiger charge is 2.04. The maximum atomic E-state index is 3.89. The molecule has 3 aromatic rings. The number of hydrogen-bond acceptors (Lipinski definition) is 6. The highest BCUT2D eigenvalue weighted by Crippen LogP contribution is 2.11. The molecule has 0 aliphatic carbocycles. The molecule has 0 fully saturated rings. The summed E-state index contributed by atoms with van der Waals surface area (Å²) >= 11 is 0. The molecule has 1 aromatic carbocycles. The summed E-state index contributed by atoms with van der Waals surface area (Å²) in [5.74, 6) is 0.736. The van der Waals surface area contributed by atoms with Crippen molar-refractivity contribution in [2.45, 2.75) is 6.92 Å². The molecule has 3 rings (SSSR count). The summed E-state index contributed by atoms with van der Waals surface area (Å²) in [5.41, 5.74) is 1.77. The van der Waals surface area contributed by atoms with Crippen LogP contribution in [-0.4, -0.2) is 40.4 Å². The molecule has 0 N–H and O–H groups in total. The Hall–Kier alpha value is -2.64. The van der Waals surface area contributed by atoms with Gasteiger partial charge in [0.15, 0.2) is 5.82 Å². The van der Waals surface area contributed by atoms with Crippen LogP contribution in [0.1, 0.15) is 5.82 Å². The van der Waals surface area contributed by atoms with E-state index in [1.54, 1.807) is 9.36 Å². The Kier molecular flexibility index (Phi) is 2.11. The Balaban J connectivity index is 1.99. The molecular formula is C9H8N8. The quantitative estimate of drug-likeness (QED) is 0.611. The van der Waals surface area contributed by atoms with E-state index in [0.29, 0.717) is 0 Å². The van der Waals surface area contributed by atoms with Gasteiger partial charge in [-0.1, -0.05) is 0 Å². The highest BCUT2D eigenvalue weighted by molar-refractivity contribution is 5.40. The molecule has 8 heteroatoms. The number of aromatic nitrogens is 8. The average Bonchev–Trinajstić information content (AvgIpc) is 3.00. The second kappa shape index (κ2) is 3.74. The molecule has 0 aliphatic rings. The number of hydrogen-bond donors (Lipinski definition) is 0. The minimum absolute atomic E-state index is 0.736. The van der Waals surface area contributed by atoms with E-state index in [0.717, 1.165) is 17.2 Å². The first kappa shape index (κ1) is 9.58. The fraction of sp³-hybridized carbons (Fsp3) is 0.111. The van der Waals surface area contributed by atoms with Crippen molar-refractivity contribution in [2.24, 2.45) is 0 Å². The summed E-state index contributed by atoms with van der Waals surface area (Å²) in [6, 6.07) is 7.60. The van der Waals surface area contributed by atoms with Gasteiger partial charge in [0.25, 0.3) is 0 Å².